The second-order valence-corrected chi connectivity index (χ2v) is 4.72. The van der Waals surface area contributed by atoms with E-state index in [1.54, 1.807) is 6.20 Å². The summed E-state index contributed by atoms with van der Waals surface area (Å²) >= 11 is 0. The molecule has 0 fully saturated rings. The lowest BCUT2D eigenvalue weighted by Gasteiger charge is -2.13. The Hall–Kier alpha value is -1.31. The van der Waals surface area contributed by atoms with Gasteiger partial charge in [-0.3, -0.25) is 4.98 Å². The van der Waals surface area contributed by atoms with Crippen molar-refractivity contribution in [2.24, 2.45) is 0 Å². The average molecular weight is 189 g/mol. The van der Waals surface area contributed by atoms with Gasteiger partial charge in [-0.1, -0.05) is 20.8 Å². The summed E-state index contributed by atoms with van der Waals surface area (Å²) in [5.74, 6) is 1.01. The predicted molar refractivity (Wildman–Crippen MR) is 57.4 cm³/mol. The number of fused-ring (bicyclic) bond motifs is 1. The molecule has 2 heterocycles. The van der Waals surface area contributed by atoms with Crippen molar-refractivity contribution in [1.29, 1.82) is 0 Å². The fraction of sp³-hybridized carbons (Fsp3) is 0.417. The second-order valence-electron chi connectivity index (χ2n) is 4.72. The molecule has 2 aromatic heterocycles. The molecule has 0 aromatic carbocycles. The Morgan fingerprint density at radius 3 is 2.57 bits per heavy atom. The standard InChI is InChI=1S/C12H15NO/c1-8-5-9-6-11(12(2,3)4)14-10(9)7-13-8/h5-7H,1-4H3. The topological polar surface area (TPSA) is 26.0 Å². The third-order valence-electron chi connectivity index (χ3n) is 2.28. The number of rotatable bonds is 0. The first kappa shape index (κ1) is 9.25. The summed E-state index contributed by atoms with van der Waals surface area (Å²) < 4.78 is 5.72. The zero-order chi connectivity index (χ0) is 10.3. The van der Waals surface area contributed by atoms with Crippen LogP contribution < -0.4 is 0 Å². The maximum absolute atomic E-state index is 5.72. The Morgan fingerprint density at radius 1 is 1.21 bits per heavy atom. The van der Waals surface area contributed by atoms with E-state index in [2.05, 4.69) is 31.8 Å². The Morgan fingerprint density at radius 2 is 1.93 bits per heavy atom. The quantitative estimate of drug-likeness (QED) is 0.634. The average Bonchev–Trinajstić information content (AvgIpc) is 2.45. The van der Waals surface area contributed by atoms with E-state index in [4.69, 9.17) is 4.42 Å². The van der Waals surface area contributed by atoms with Crippen molar-refractivity contribution in [3.63, 3.8) is 0 Å². The first-order chi connectivity index (χ1) is 6.47. The Balaban J connectivity index is 2.63. The van der Waals surface area contributed by atoms with Gasteiger partial charge in [-0.05, 0) is 19.1 Å². The first-order valence-electron chi connectivity index (χ1n) is 4.83. The highest BCUT2D eigenvalue weighted by Gasteiger charge is 2.18. The molecule has 0 saturated heterocycles. The monoisotopic (exact) mass is 189 g/mol. The lowest BCUT2D eigenvalue weighted by molar-refractivity contribution is 0.430. The van der Waals surface area contributed by atoms with Crippen LogP contribution in [0.15, 0.2) is 22.7 Å². The van der Waals surface area contributed by atoms with Crippen LogP contribution in [0.2, 0.25) is 0 Å². The molecular formula is C12H15NO. The van der Waals surface area contributed by atoms with E-state index < -0.39 is 0 Å². The Bertz CT molecular complexity index is 463. The molecule has 14 heavy (non-hydrogen) atoms. The molecule has 0 spiro atoms. The minimum Gasteiger partial charge on any atom is -0.459 e. The summed E-state index contributed by atoms with van der Waals surface area (Å²) in [6.45, 7) is 8.42. The number of furan rings is 1. The van der Waals surface area contributed by atoms with Gasteiger partial charge in [0.05, 0.1) is 6.20 Å². The van der Waals surface area contributed by atoms with Crippen LogP contribution in [0.4, 0.5) is 0 Å². The number of nitrogens with zero attached hydrogens (tertiary/aromatic N) is 1. The molecule has 0 bridgehead atoms. The lowest BCUT2D eigenvalue weighted by atomic mass is 9.93. The van der Waals surface area contributed by atoms with Crippen LogP contribution in [0.5, 0.6) is 0 Å². The van der Waals surface area contributed by atoms with Crippen molar-refractivity contribution >= 4 is 11.0 Å². The van der Waals surface area contributed by atoms with Gasteiger partial charge in [0.25, 0.3) is 0 Å². The largest absolute Gasteiger partial charge is 0.459 e. The fourth-order valence-corrected chi connectivity index (χ4v) is 1.43. The van der Waals surface area contributed by atoms with Crippen LogP contribution in [0.3, 0.4) is 0 Å². The smallest absolute Gasteiger partial charge is 0.152 e. The number of aryl methyl sites for hydroxylation is 1. The second kappa shape index (κ2) is 2.84. The highest BCUT2D eigenvalue weighted by molar-refractivity contribution is 5.77. The maximum Gasteiger partial charge on any atom is 0.152 e. The third kappa shape index (κ3) is 1.52. The van der Waals surface area contributed by atoms with Crippen LogP contribution in [0.25, 0.3) is 11.0 Å². The maximum atomic E-state index is 5.72. The van der Waals surface area contributed by atoms with Gasteiger partial charge in [0.1, 0.15) is 5.76 Å². The number of hydrogen-bond acceptors (Lipinski definition) is 2. The lowest BCUT2D eigenvalue weighted by Crippen LogP contribution is -2.08. The van der Waals surface area contributed by atoms with Gasteiger partial charge in [-0.15, -0.1) is 0 Å². The van der Waals surface area contributed by atoms with Crippen LogP contribution in [-0.2, 0) is 5.41 Å². The zero-order valence-electron chi connectivity index (χ0n) is 9.09. The van der Waals surface area contributed by atoms with E-state index in [-0.39, 0.29) is 5.41 Å². The number of aromatic nitrogens is 1. The van der Waals surface area contributed by atoms with Gasteiger partial charge in [0.2, 0.25) is 0 Å². The molecule has 2 nitrogen and oxygen atoms in total. The molecule has 0 saturated carbocycles. The summed E-state index contributed by atoms with van der Waals surface area (Å²) in [7, 11) is 0. The summed E-state index contributed by atoms with van der Waals surface area (Å²) in [5.41, 5.74) is 1.96. The van der Waals surface area contributed by atoms with Gasteiger partial charge in [-0.25, -0.2) is 0 Å². The van der Waals surface area contributed by atoms with Crippen LogP contribution in [0, 0.1) is 6.92 Å². The van der Waals surface area contributed by atoms with Gasteiger partial charge >= 0.3 is 0 Å². The Kier molecular flexibility index (Phi) is 1.88. The summed E-state index contributed by atoms with van der Waals surface area (Å²) in [6.07, 6.45) is 1.79. The van der Waals surface area contributed by atoms with E-state index in [1.165, 1.54) is 0 Å². The van der Waals surface area contributed by atoms with E-state index >= 15 is 0 Å². The predicted octanol–water partition coefficient (Wildman–Crippen LogP) is 3.43. The zero-order valence-corrected chi connectivity index (χ0v) is 9.09. The van der Waals surface area contributed by atoms with Crippen LogP contribution in [0.1, 0.15) is 32.2 Å². The first-order valence-corrected chi connectivity index (χ1v) is 4.83. The molecule has 0 unspecified atom stereocenters. The number of hydrogen-bond donors (Lipinski definition) is 0. The highest BCUT2D eigenvalue weighted by Crippen LogP contribution is 2.28. The van der Waals surface area contributed by atoms with Crippen LogP contribution >= 0.6 is 0 Å². The highest BCUT2D eigenvalue weighted by atomic mass is 16.3. The van der Waals surface area contributed by atoms with Crippen molar-refractivity contribution in [2.45, 2.75) is 33.1 Å². The molecular weight excluding hydrogens is 174 g/mol. The van der Waals surface area contributed by atoms with Gasteiger partial charge in [0.15, 0.2) is 5.58 Å². The normalized spacial score (nSPS) is 12.3. The van der Waals surface area contributed by atoms with Crippen molar-refractivity contribution in [2.75, 3.05) is 0 Å². The molecule has 0 amide bonds. The molecule has 0 aliphatic carbocycles. The minimum atomic E-state index is 0.0624. The van der Waals surface area contributed by atoms with E-state index in [1.807, 2.05) is 13.0 Å². The van der Waals surface area contributed by atoms with E-state index in [0.29, 0.717) is 0 Å². The summed E-state index contributed by atoms with van der Waals surface area (Å²) in [6, 6.07) is 4.15. The summed E-state index contributed by atoms with van der Waals surface area (Å²) in [5, 5.41) is 1.14. The SMILES string of the molecule is Cc1cc2cc(C(C)(C)C)oc2cn1. The molecule has 0 aliphatic heterocycles. The molecule has 2 aromatic rings. The van der Waals surface area contributed by atoms with Gasteiger partial charge in [0, 0.05) is 16.5 Å². The van der Waals surface area contributed by atoms with E-state index in [9.17, 15) is 0 Å². The molecule has 0 atom stereocenters. The third-order valence-corrected chi connectivity index (χ3v) is 2.28. The van der Waals surface area contributed by atoms with Crippen molar-refractivity contribution in [3.05, 3.63) is 29.8 Å². The molecule has 2 heteroatoms. The summed E-state index contributed by atoms with van der Waals surface area (Å²) in [4.78, 5) is 4.21. The fourth-order valence-electron chi connectivity index (χ4n) is 1.43. The van der Waals surface area contributed by atoms with Crippen LogP contribution in [-0.4, -0.2) is 4.98 Å². The van der Waals surface area contributed by atoms with Gasteiger partial charge < -0.3 is 4.42 Å². The molecule has 0 aliphatic rings. The van der Waals surface area contributed by atoms with Crippen molar-refractivity contribution < 1.29 is 4.42 Å². The Labute approximate surface area is 84.0 Å². The van der Waals surface area contributed by atoms with Gasteiger partial charge in [-0.2, -0.15) is 0 Å². The van der Waals surface area contributed by atoms with E-state index in [0.717, 1.165) is 22.4 Å². The molecule has 0 N–H and O–H groups in total. The minimum absolute atomic E-state index is 0.0624. The van der Waals surface area contributed by atoms with Crippen molar-refractivity contribution in [3.8, 4) is 0 Å². The molecule has 2 rings (SSSR count). The molecule has 74 valence electrons. The molecule has 0 radical (unpaired) electrons. The van der Waals surface area contributed by atoms with Crippen molar-refractivity contribution in [1.82, 2.24) is 4.98 Å². The number of pyridine rings is 1.